The quantitative estimate of drug-likeness (QED) is 0.736. The highest BCUT2D eigenvalue weighted by atomic mass is 32.2. The van der Waals surface area contributed by atoms with Gasteiger partial charge in [-0.2, -0.15) is 0 Å². The van der Waals surface area contributed by atoms with E-state index in [1.54, 1.807) is 0 Å². The summed E-state index contributed by atoms with van der Waals surface area (Å²) in [7, 11) is -3.45. The lowest BCUT2D eigenvalue weighted by atomic mass is 9.71. The summed E-state index contributed by atoms with van der Waals surface area (Å²) in [5.41, 5.74) is 0.614. The van der Waals surface area contributed by atoms with Gasteiger partial charge < -0.3 is 10.1 Å². The molecule has 5 nitrogen and oxygen atoms in total. The normalized spacial score (nSPS) is 18.9. The van der Waals surface area contributed by atoms with Gasteiger partial charge >= 0.3 is 0 Å². The molecular formula is C11H18N2O3S. The lowest BCUT2D eigenvalue weighted by molar-refractivity contribution is 0.166. The van der Waals surface area contributed by atoms with E-state index in [4.69, 9.17) is 5.11 Å². The summed E-state index contributed by atoms with van der Waals surface area (Å²) < 4.78 is 26.5. The standard InChI is InChI=1S/C11H18N2O3S/c1-11(3-2-4-11)8-13-17(15,16)10-5-9(7-14)12-6-10/h5-6,12-14H,2-4,7-8H2,1H3. The van der Waals surface area contributed by atoms with E-state index < -0.39 is 10.0 Å². The third-order valence-corrected chi connectivity index (χ3v) is 4.83. The highest BCUT2D eigenvalue weighted by molar-refractivity contribution is 7.89. The Balaban J connectivity index is 2.03. The lowest BCUT2D eigenvalue weighted by Gasteiger charge is -2.38. The Kier molecular flexibility index (Phi) is 3.29. The van der Waals surface area contributed by atoms with Crippen LogP contribution < -0.4 is 4.72 Å². The van der Waals surface area contributed by atoms with Crippen molar-refractivity contribution >= 4 is 10.0 Å². The SMILES string of the molecule is CC1(CNS(=O)(=O)c2c[nH]c(CO)c2)CCC1. The van der Waals surface area contributed by atoms with E-state index in [0.29, 0.717) is 12.2 Å². The molecule has 0 atom stereocenters. The van der Waals surface area contributed by atoms with E-state index in [-0.39, 0.29) is 16.9 Å². The molecule has 1 saturated carbocycles. The number of hydrogen-bond donors (Lipinski definition) is 3. The van der Waals surface area contributed by atoms with Crippen LogP contribution in [0.15, 0.2) is 17.2 Å². The third-order valence-electron chi connectivity index (χ3n) is 3.45. The maximum atomic E-state index is 11.9. The summed E-state index contributed by atoms with van der Waals surface area (Å²) in [6.07, 6.45) is 4.73. The smallest absolute Gasteiger partial charge is 0.242 e. The monoisotopic (exact) mass is 258 g/mol. The minimum Gasteiger partial charge on any atom is -0.390 e. The Bertz CT molecular complexity index is 489. The van der Waals surface area contributed by atoms with Crippen molar-refractivity contribution in [3.8, 4) is 0 Å². The van der Waals surface area contributed by atoms with Gasteiger partial charge in [0.1, 0.15) is 0 Å². The summed E-state index contributed by atoms with van der Waals surface area (Å²) in [5, 5.41) is 8.88. The largest absolute Gasteiger partial charge is 0.390 e. The molecule has 0 spiro atoms. The van der Waals surface area contributed by atoms with Crippen LogP contribution in [0.25, 0.3) is 0 Å². The Morgan fingerprint density at radius 3 is 2.71 bits per heavy atom. The number of aromatic nitrogens is 1. The van der Waals surface area contributed by atoms with Gasteiger partial charge in [0.2, 0.25) is 10.0 Å². The van der Waals surface area contributed by atoms with Crippen molar-refractivity contribution in [3.05, 3.63) is 18.0 Å². The Hall–Kier alpha value is -0.850. The van der Waals surface area contributed by atoms with Crippen molar-refractivity contribution in [2.45, 2.75) is 37.7 Å². The fourth-order valence-electron chi connectivity index (χ4n) is 1.98. The maximum Gasteiger partial charge on any atom is 0.242 e. The fourth-order valence-corrected chi connectivity index (χ4v) is 3.19. The molecule has 0 aliphatic heterocycles. The Morgan fingerprint density at radius 2 is 2.24 bits per heavy atom. The highest BCUT2D eigenvalue weighted by Gasteiger charge is 2.33. The summed E-state index contributed by atoms with van der Waals surface area (Å²) in [4.78, 5) is 2.90. The topological polar surface area (TPSA) is 82.2 Å². The second-order valence-corrected chi connectivity index (χ2v) is 6.77. The van der Waals surface area contributed by atoms with Gasteiger partial charge in [-0.3, -0.25) is 0 Å². The molecule has 0 unspecified atom stereocenters. The molecule has 96 valence electrons. The van der Waals surface area contributed by atoms with Crippen LogP contribution in [0.1, 0.15) is 31.9 Å². The molecule has 0 aromatic carbocycles. The fraction of sp³-hybridized carbons (Fsp3) is 0.636. The Morgan fingerprint density at radius 1 is 1.53 bits per heavy atom. The average molecular weight is 258 g/mol. The molecule has 1 aromatic rings. The number of hydrogen-bond acceptors (Lipinski definition) is 3. The first kappa shape index (κ1) is 12.6. The summed E-state index contributed by atoms with van der Waals surface area (Å²) in [6.45, 7) is 2.39. The van der Waals surface area contributed by atoms with E-state index in [1.807, 2.05) is 0 Å². The molecule has 1 aliphatic carbocycles. The van der Waals surface area contributed by atoms with E-state index >= 15 is 0 Å². The molecule has 3 N–H and O–H groups in total. The van der Waals surface area contributed by atoms with E-state index in [2.05, 4.69) is 16.6 Å². The predicted molar refractivity (Wildman–Crippen MR) is 63.9 cm³/mol. The van der Waals surface area contributed by atoms with Gasteiger partial charge in [0.25, 0.3) is 0 Å². The maximum absolute atomic E-state index is 11.9. The Labute approximate surface area is 101 Å². The molecule has 0 bridgehead atoms. The van der Waals surface area contributed by atoms with Gasteiger partial charge in [0, 0.05) is 18.4 Å². The summed E-state index contributed by atoms with van der Waals surface area (Å²) >= 11 is 0. The van der Waals surface area contributed by atoms with Gasteiger partial charge in [0.15, 0.2) is 0 Å². The van der Waals surface area contributed by atoms with Crippen LogP contribution in [-0.4, -0.2) is 25.1 Å². The first-order chi connectivity index (χ1) is 7.95. The molecule has 1 aliphatic rings. The number of aromatic amines is 1. The van der Waals surface area contributed by atoms with E-state index in [1.165, 1.54) is 18.7 Å². The van der Waals surface area contributed by atoms with Gasteiger partial charge in [-0.05, 0) is 24.3 Å². The molecule has 2 rings (SSSR count). The van der Waals surface area contributed by atoms with Gasteiger partial charge in [-0.15, -0.1) is 0 Å². The average Bonchev–Trinajstić information content (AvgIpc) is 2.73. The molecule has 1 fully saturated rings. The van der Waals surface area contributed by atoms with Crippen molar-refractivity contribution < 1.29 is 13.5 Å². The van der Waals surface area contributed by atoms with Gasteiger partial charge in [-0.1, -0.05) is 13.3 Å². The number of sulfonamides is 1. The van der Waals surface area contributed by atoms with Crippen LogP contribution in [0, 0.1) is 5.41 Å². The molecule has 17 heavy (non-hydrogen) atoms. The first-order valence-corrected chi connectivity index (χ1v) is 7.21. The van der Waals surface area contributed by atoms with Crippen molar-refractivity contribution in [2.24, 2.45) is 5.41 Å². The van der Waals surface area contributed by atoms with Crippen LogP contribution in [0.2, 0.25) is 0 Å². The third kappa shape index (κ3) is 2.70. The number of rotatable bonds is 5. The molecule has 1 heterocycles. The molecule has 6 heteroatoms. The minimum absolute atomic E-state index is 0.114. The van der Waals surface area contributed by atoms with Crippen LogP contribution in [-0.2, 0) is 16.6 Å². The van der Waals surface area contributed by atoms with Crippen LogP contribution in [0.5, 0.6) is 0 Å². The minimum atomic E-state index is -3.45. The van der Waals surface area contributed by atoms with Crippen LogP contribution in [0.4, 0.5) is 0 Å². The molecule has 0 amide bonds. The predicted octanol–water partition coefficient (Wildman–Crippen LogP) is 0.975. The number of aliphatic hydroxyl groups is 1. The van der Waals surface area contributed by atoms with Crippen molar-refractivity contribution in [2.75, 3.05) is 6.54 Å². The number of aliphatic hydroxyl groups excluding tert-OH is 1. The molecule has 0 radical (unpaired) electrons. The summed E-state index contributed by atoms with van der Waals surface area (Å²) in [5.74, 6) is 0. The summed E-state index contributed by atoms with van der Waals surface area (Å²) in [6, 6.07) is 1.45. The zero-order chi connectivity index (χ0) is 12.5. The zero-order valence-electron chi connectivity index (χ0n) is 9.86. The van der Waals surface area contributed by atoms with Crippen molar-refractivity contribution in [1.29, 1.82) is 0 Å². The van der Waals surface area contributed by atoms with Crippen LogP contribution in [0.3, 0.4) is 0 Å². The second-order valence-electron chi connectivity index (χ2n) is 5.01. The van der Waals surface area contributed by atoms with Gasteiger partial charge in [0.05, 0.1) is 11.5 Å². The zero-order valence-corrected chi connectivity index (χ0v) is 10.7. The van der Waals surface area contributed by atoms with E-state index in [0.717, 1.165) is 12.8 Å². The van der Waals surface area contributed by atoms with E-state index in [9.17, 15) is 8.42 Å². The molecule has 1 aromatic heterocycles. The lowest BCUT2D eigenvalue weighted by Crippen LogP contribution is -2.39. The van der Waals surface area contributed by atoms with Crippen molar-refractivity contribution in [1.82, 2.24) is 9.71 Å². The number of nitrogens with one attached hydrogen (secondary N) is 2. The molecule has 0 saturated heterocycles. The second kappa shape index (κ2) is 4.44. The van der Waals surface area contributed by atoms with Crippen molar-refractivity contribution in [3.63, 3.8) is 0 Å². The highest BCUT2D eigenvalue weighted by Crippen LogP contribution is 2.39. The number of H-pyrrole nitrogens is 1. The van der Waals surface area contributed by atoms with Crippen LogP contribution >= 0.6 is 0 Å². The molecular weight excluding hydrogens is 240 g/mol. The first-order valence-electron chi connectivity index (χ1n) is 5.73. The van der Waals surface area contributed by atoms with Gasteiger partial charge in [-0.25, -0.2) is 13.1 Å².